The normalized spacial score (nSPS) is 12.1. The zero-order chi connectivity index (χ0) is 64.8. The number of nitrogens with zero attached hydrogens (tertiary/aromatic N) is 2. The first kappa shape index (κ1) is 69.2. The van der Waals surface area contributed by atoms with Crippen LogP contribution >= 0.6 is 8.25 Å². The number of benzene rings is 4. The fraction of sp³-hybridized carbons (Fsp3) is 0.375. The number of hydroxylamine groups is 4. The van der Waals surface area contributed by atoms with Crippen LogP contribution in [0.5, 0.6) is 23.0 Å². The topological polar surface area (TPSA) is 314 Å². The van der Waals surface area contributed by atoms with Crippen LogP contribution in [-0.4, -0.2) is 97.4 Å². The monoisotopic (exact) mass is 1260 g/mol. The third kappa shape index (κ3) is 21.2. The van der Waals surface area contributed by atoms with Gasteiger partial charge in [0.15, 0.2) is 23.0 Å². The maximum Gasteiger partial charge on any atom is 0.805 e. The van der Waals surface area contributed by atoms with Gasteiger partial charge >= 0.3 is 20.4 Å². The van der Waals surface area contributed by atoms with Gasteiger partial charge in [-0.2, -0.15) is 10.1 Å². The van der Waals surface area contributed by atoms with Gasteiger partial charge in [-0.1, -0.05) is 103 Å². The van der Waals surface area contributed by atoms with Crippen LogP contribution in [0.15, 0.2) is 130 Å². The molecule has 0 saturated carbocycles. The second kappa shape index (κ2) is 36.4. The lowest BCUT2D eigenvalue weighted by atomic mass is 9.90. The molecule has 6 N–H and O–H groups in total. The minimum absolute atomic E-state index is 0.0493. The van der Waals surface area contributed by atoms with Gasteiger partial charge in [0.05, 0.1) is 50.5 Å². The second-order valence-corrected chi connectivity index (χ2v) is 21.1. The highest BCUT2D eigenvalue weighted by atomic mass is 31.1. The van der Waals surface area contributed by atoms with Crippen molar-refractivity contribution in [3.8, 4) is 45.6 Å². The maximum absolute atomic E-state index is 13.7. The fourth-order valence-electron chi connectivity index (χ4n) is 9.67. The highest BCUT2D eigenvalue weighted by Crippen LogP contribution is 2.39. The molecule has 26 heteroatoms. The molecule has 4 aromatic carbocycles. The van der Waals surface area contributed by atoms with Crippen LogP contribution in [0.4, 0.5) is 21.0 Å². The highest BCUT2D eigenvalue weighted by molar-refractivity contribution is 7.34. The van der Waals surface area contributed by atoms with Crippen LogP contribution in [0, 0.1) is 11.8 Å². The van der Waals surface area contributed by atoms with Crippen molar-refractivity contribution in [1.29, 1.82) is 0 Å². The van der Waals surface area contributed by atoms with E-state index in [1.54, 1.807) is 100 Å². The molecule has 6 rings (SSSR count). The summed E-state index contributed by atoms with van der Waals surface area (Å²) in [5.41, 5.74) is 1.66. The van der Waals surface area contributed by atoms with E-state index in [1.165, 1.54) is 48.5 Å². The number of carbonyl (C=O) groups excluding carboxylic acids is 8. The van der Waals surface area contributed by atoms with Gasteiger partial charge in [-0.05, 0) is 112 Å². The highest BCUT2D eigenvalue weighted by Gasteiger charge is 2.36. The summed E-state index contributed by atoms with van der Waals surface area (Å²) >= 11 is 0. The Labute approximate surface area is 523 Å². The Morgan fingerprint density at radius 2 is 0.889 bits per heavy atom. The smallest absolute Gasteiger partial charge is 0.494 e. The second-order valence-electron chi connectivity index (χ2n) is 20.3. The third-order valence-corrected chi connectivity index (χ3v) is 14.7. The summed E-state index contributed by atoms with van der Waals surface area (Å²) in [7, 11) is -2.95. The molecule has 2 heterocycles. The first-order chi connectivity index (χ1) is 43.6. The van der Waals surface area contributed by atoms with Crippen LogP contribution in [0.25, 0.3) is 22.6 Å². The predicted octanol–water partition coefficient (Wildman–Crippen LogP) is 11.9. The van der Waals surface area contributed by atoms with Crippen molar-refractivity contribution in [1.82, 2.24) is 31.4 Å². The molecule has 2 aromatic heterocycles. The van der Waals surface area contributed by atoms with Crippen LogP contribution < -0.4 is 50.4 Å². The molecule has 0 bridgehead atoms. The van der Waals surface area contributed by atoms with E-state index < -0.39 is 68.0 Å². The molecule has 0 aliphatic carbocycles. The molecule has 25 nitrogen and oxygen atoms in total. The summed E-state index contributed by atoms with van der Waals surface area (Å²) in [5.74, 6) is -2.99. The Bertz CT molecular complexity index is 3110. The van der Waals surface area contributed by atoms with Crippen LogP contribution in [0.3, 0.4) is 0 Å². The number of anilines is 2. The number of unbranched alkanes of at least 4 members (excludes halogenated alkanes) is 4. The van der Waals surface area contributed by atoms with E-state index in [4.69, 9.17) is 37.0 Å². The van der Waals surface area contributed by atoms with Gasteiger partial charge in [0, 0.05) is 39.2 Å². The van der Waals surface area contributed by atoms with E-state index in [-0.39, 0.29) is 73.9 Å². The van der Waals surface area contributed by atoms with E-state index in [2.05, 4.69) is 31.9 Å². The fourth-order valence-corrected chi connectivity index (χ4v) is 10.3. The Balaban J connectivity index is 1.06. The van der Waals surface area contributed by atoms with Gasteiger partial charge in [0.1, 0.15) is 23.0 Å². The van der Waals surface area contributed by atoms with Crippen molar-refractivity contribution in [2.45, 2.75) is 118 Å². The van der Waals surface area contributed by atoms with Crippen molar-refractivity contribution in [2.75, 3.05) is 37.2 Å². The lowest BCUT2D eigenvalue weighted by Crippen LogP contribution is -2.49. The first-order valence-corrected chi connectivity index (χ1v) is 31.0. The molecule has 0 radical (unpaired) electrons. The van der Waals surface area contributed by atoms with Gasteiger partial charge in [-0.3, -0.25) is 39.4 Å². The molecule has 0 saturated heterocycles. The number of nitrogens with one attached hydrogen (secondary N) is 6. The van der Waals surface area contributed by atoms with E-state index in [1.807, 2.05) is 13.8 Å². The van der Waals surface area contributed by atoms with Crippen molar-refractivity contribution in [3.05, 3.63) is 133 Å². The van der Waals surface area contributed by atoms with Crippen LogP contribution in [0.1, 0.15) is 127 Å². The zero-order valence-electron chi connectivity index (χ0n) is 51.2. The third-order valence-electron chi connectivity index (χ3n) is 13.9. The lowest BCUT2D eigenvalue weighted by molar-refractivity contribution is -0.168. The number of para-hydroxylation sites is 2. The summed E-state index contributed by atoms with van der Waals surface area (Å²) in [4.78, 5) is 115. The van der Waals surface area contributed by atoms with Gasteiger partial charge in [-0.25, -0.2) is 18.6 Å². The molecule has 480 valence electrons. The predicted molar refractivity (Wildman–Crippen MR) is 333 cm³/mol. The quantitative estimate of drug-likeness (QED) is 0.00690. The first-order valence-electron chi connectivity index (χ1n) is 29.9. The molecule has 6 aromatic rings. The molecule has 0 fully saturated rings. The average Bonchev–Trinajstić information content (AvgIpc) is 4.04. The molecule has 4 atom stereocenters. The molecule has 0 spiro atoms. The van der Waals surface area contributed by atoms with Crippen molar-refractivity contribution in [2.24, 2.45) is 11.8 Å². The zero-order valence-corrected chi connectivity index (χ0v) is 52.1. The molecule has 0 aliphatic rings. The lowest BCUT2D eigenvalue weighted by Gasteiger charge is -2.31. The molecule has 90 heavy (non-hydrogen) atoms. The Morgan fingerprint density at radius 1 is 0.500 bits per heavy atom. The van der Waals surface area contributed by atoms with E-state index in [9.17, 15) is 42.9 Å². The number of hydrogen-bond acceptors (Lipinski definition) is 17. The van der Waals surface area contributed by atoms with E-state index in [0.29, 0.717) is 72.5 Å². The van der Waals surface area contributed by atoms with Crippen LogP contribution in [-0.2, 0) is 33.4 Å². The van der Waals surface area contributed by atoms with E-state index >= 15 is 0 Å². The minimum Gasteiger partial charge on any atom is -0.494 e. The molecule has 0 unspecified atom stereocenters. The van der Waals surface area contributed by atoms with Gasteiger partial charge in [0.25, 0.3) is 11.8 Å². The Kier molecular flexibility index (Phi) is 28.0. The largest absolute Gasteiger partial charge is 0.805 e. The summed E-state index contributed by atoms with van der Waals surface area (Å²) in [6, 6.07) is 30.6. The standard InChI is InChI=1S/C64H77N8O17P/c1-7-13-17-27-51(53(9-3)71(41-73)86-63(79)69-45-23-19-15-20-24-45)59(75)65-39-67-61(77)57-31-29-55(84-57)43-33-47(82-11-5)37-49(35-43)88-90(81)89-50-36-44(34-48(38-50)83-12-6)56-30-32-58(85-56)62(78)68-40-66-60(76)52(28-18-14-8-2)54(10-4)72(42-74)87-64(80)70-46-25-21-16-22-26-46/h15-16,19-26,29-38,41-42,51-54H,7-14,17-18,27-28,39-40H2,1-6H3,(H5-,65,66,67,68,69,70,75,76,77,78,79,80)/p+1/t51-,52-,53-,54-/m1/s1. The molecular weight excluding hydrogens is 1180 g/mol. The van der Waals surface area contributed by atoms with Crippen molar-refractivity contribution in [3.63, 3.8) is 0 Å². The number of rotatable bonds is 38. The number of furan rings is 2. The van der Waals surface area contributed by atoms with Crippen molar-refractivity contribution >= 4 is 68.3 Å². The van der Waals surface area contributed by atoms with Gasteiger partial charge < -0.3 is 49.3 Å². The van der Waals surface area contributed by atoms with Gasteiger partial charge in [-0.15, -0.1) is 0 Å². The summed E-state index contributed by atoms with van der Waals surface area (Å²) in [6.07, 6.45) is 4.86. The average molecular weight is 1260 g/mol. The Morgan fingerprint density at radius 3 is 1.24 bits per heavy atom. The summed E-state index contributed by atoms with van der Waals surface area (Å²) in [6.45, 7) is 11.0. The SMILES string of the molecule is CCCCC[C@@H](C(=O)NCNC(=O)c1ccc(-c2cc(OCC)cc(O[P+](=O)Oc3cc(OCC)cc(-c4ccc(C(=O)NCNC(=O)[C@H](CCCCC)[C@@H](CC)N(C=O)OC(=O)Nc5ccccc5)o4)c3)c2)o1)[C@@H](CC)N(C=O)OC(=O)Nc1ccccc1. The molecule has 0 aliphatic heterocycles. The van der Waals surface area contributed by atoms with Crippen molar-refractivity contribution < 1.29 is 80.0 Å². The molecular formula is C64H78N8O17P+. The van der Waals surface area contributed by atoms with Crippen LogP contribution in [0.2, 0.25) is 0 Å². The number of hydrogen-bond donors (Lipinski definition) is 6. The summed E-state index contributed by atoms with van der Waals surface area (Å²) in [5, 5.41) is 17.5. The summed E-state index contributed by atoms with van der Waals surface area (Å²) < 4.78 is 48.7. The maximum atomic E-state index is 13.7. The van der Waals surface area contributed by atoms with E-state index in [0.717, 1.165) is 35.8 Å². The number of ether oxygens (including phenoxy) is 2. The van der Waals surface area contributed by atoms with Gasteiger partial charge in [0.2, 0.25) is 24.6 Å². The minimum atomic E-state index is -2.95. The Hall–Kier alpha value is -9.90. The molecule has 8 amide bonds. The number of amides is 8. The number of carbonyl (C=O) groups is 8.